The lowest BCUT2D eigenvalue weighted by molar-refractivity contribution is -0.108. The zero-order chi connectivity index (χ0) is 14.5. The number of aldehydes is 1. The van der Waals surface area contributed by atoms with Crippen molar-refractivity contribution in [2.24, 2.45) is 0 Å². The number of nitriles is 1. The van der Waals surface area contributed by atoms with E-state index in [0.717, 1.165) is 5.56 Å². The van der Waals surface area contributed by atoms with Crippen molar-refractivity contribution in [3.8, 4) is 23.1 Å². The van der Waals surface area contributed by atoms with Crippen LogP contribution in [0, 0.1) is 11.3 Å². The van der Waals surface area contributed by atoms with Gasteiger partial charge in [-0.25, -0.2) is 0 Å². The molecule has 0 bridgehead atoms. The van der Waals surface area contributed by atoms with Crippen LogP contribution in [-0.4, -0.2) is 18.0 Å². The number of carbonyl (C=O) groups excluding carboxylic acids is 1. The zero-order valence-electron chi connectivity index (χ0n) is 10.9. The second-order valence-electron chi connectivity index (χ2n) is 4.06. The van der Waals surface area contributed by atoms with E-state index in [9.17, 15) is 9.59 Å². The van der Waals surface area contributed by atoms with Gasteiger partial charge in [0, 0.05) is 5.56 Å². The molecule has 1 aromatic heterocycles. The first-order chi connectivity index (χ1) is 9.71. The van der Waals surface area contributed by atoms with Gasteiger partial charge >= 0.3 is 0 Å². The van der Waals surface area contributed by atoms with E-state index in [1.807, 2.05) is 12.1 Å². The third-order valence-electron chi connectivity index (χ3n) is 2.92. The Balaban J connectivity index is 2.67. The monoisotopic (exact) mass is 268 g/mol. The Morgan fingerprint density at radius 2 is 2.15 bits per heavy atom. The van der Waals surface area contributed by atoms with Crippen molar-refractivity contribution in [1.82, 2.24) is 4.57 Å². The highest BCUT2D eigenvalue weighted by atomic mass is 16.5. The van der Waals surface area contributed by atoms with Crippen LogP contribution in [0.5, 0.6) is 5.75 Å². The summed E-state index contributed by atoms with van der Waals surface area (Å²) in [4.78, 5) is 22.9. The molecule has 1 heterocycles. The van der Waals surface area contributed by atoms with Crippen molar-refractivity contribution in [3.63, 3.8) is 0 Å². The number of pyridine rings is 1. The van der Waals surface area contributed by atoms with E-state index in [1.54, 1.807) is 31.4 Å². The van der Waals surface area contributed by atoms with Gasteiger partial charge < -0.3 is 14.1 Å². The lowest BCUT2D eigenvalue weighted by atomic mass is 10.1. The first kappa shape index (κ1) is 13.6. The molecule has 100 valence electrons. The summed E-state index contributed by atoms with van der Waals surface area (Å²) >= 11 is 0. The van der Waals surface area contributed by atoms with Gasteiger partial charge in [-0.05, 0) is 24.3 Å². The van der Waals surface area contributed by atoms with Crippen LogP contribution >= 0.6 is 0 Å². The fraction of sp³-hybridized carbons (Fsp3) is 0.133. The standard InChI is InChI=1S/C15H12N2O3/c1-20-13-4-2-3-11(9-13)14-6-5-12(10-16)15(19)17(14)7-8-18/h2-6,8-9H,7H2,1H3. The van der Waals surface area contributed by atoms with E-state index in [4.69, 9.17) is 10.00 Å². The van der Waals surface area contributed by atoms with Crippen molar-refractivity contribution in [1.29, 1.82) is 5.26 Å². The van der Waals surface area contributed by atoms with E-state index < -0.39 is 5.56 Å². The quantitative estimate of drug-likeness (QED) is 0.789. The molecule has 0 N–H and O–H groups in total. The van der Waals surface area contributed by atoms with Crippen LogP contribution in [0.4, 0.5) is 0 Å². The van der Waals surface area contributed by atoms with Crippen LogP contribution in [0.3, 0.4) is 0 Å². The number of methoxy groups -OCH3 is 1. The molecular formula is C15H12N2O3. The fourth-order valence-corrected chi connectivity index (χ4v) is 1.95. The number of carbonyl (C=O) groups is 1. The summed E-state index contributed by atoms with van der Waals surface area (Å²) in [7, 11) is 1.55. The second-order valence-corrected chi connectivity index (χ2v) is 4.06. The minimum absolute atomic E-state index is 0.0125. The van der Waals surface area contributed by atoms with Gasteiger partial charge in [-0.15, -0.1) is 0 Å². The van der Waals surface area contributed by atoms with Gasteiger partial charge in [0.25, 0.3) is 5.56 Å². The van der Waals surface area contributed by atoms with Gasteiger partial charge in [0.15, 0.2) is 0 Å². The second kappa shape index (κ2) is 5.85. The van der Waals surface area contributed by atoms with Crippen LogP contribution in [-0.2, 0) is 11.3 Å². The van der Waals surface area contributed by atoms with Crippen LogP contribution in [0.15, 0.2) is 41.2 Å². The smallest absolute Gasteiger partial charge is 0.269 e. The topological polar surface area (TPSA) is 72.1 Å². The largest absolute Gasteiger partial charge is 0.497 e. The summed E-state index contributed by atoms with van der Waals surface area (Å²) in [6, 6.07) is 12.1. The highest BCUT2D eigenvalue weighted by Gasteiger charge is 2.10. The third kappa shape index (κ3) is 2.45. The zero-order valence-corrected chi connectivity index (χ0v) is 10.9. The number of aromatic nitrogens is 1. The molecule has 0 aliphatic rings. The van der Waals surface area contributed by atoms with Gasteiger partial charge in [0.1, 0.15) is 23.7 Å². The van der Waals surface area contributed by atoms with Crippen molar-refractivity contribution in [3.05, 3.63) is 52.3 Å². The molecule has 2 aromatic rings. The number of hydrogen-bond donors (Lipinski definition) is 0. The summed E-state index contributed by atoms with van der Waals surface area (Å²) in [6.07, 6.45) is 0.631. The Morgan fingerprint density at radius 3 is 2.80 bits per heavy atom. The molecule has 0 saturated heterocycles. The maximum absolute atomic E-state index is 12.1. The molecule has 5 heteroatoms. The number of nitrogens with zero attached hydrogens (tertiary/aromatic N) is 2. The molecule has 0 saturated carbocycles. The van der Waals surface area contributed by atoms with E-state index >= 15 is 0 Å². The Morgan fingerprint density at radius 1 is 1.35 bits per heavy atom. The Labute approximate surface area is 115 Å². The molecule has 0 unspecified atom stereocenters. The molecule has 2 rings (SSSR count). The summed E-state index contributed by atoms with van der Waals surface area (Å²) in [6.45, 7) is -0.0963. The maximum Gasteiger partial charge on any atom is 0.269 e. The molecule has 1 aromatic carbocycles. The lowest BCUT2D eigenvalue weighted by Gasteiger charge is -2.11. The molecular weight excluding hydrogens is 256 g/mol. The SMILES string of the molecule is COc1cccc(-c2ccc(C#N)c(=O)n2CC=O)c1. The van der Waals surface area contributed by atoms with Gasteiger partial charge in [-0.3, -0.25) is 4.79 Å². The average molecular weight is 268 g/mol. The van der Waals surface area contributed by atoms with Gasteiger partial charge in [0.2, 0.25) is 0 Å². The third-order valence-corrected chi connectivity index (χ3v) is 2.92. The highest BCUT2D eigenvalue weighted by molar-refractivity contribution is 5.64. The van der Waals surface area contributed by atoms with E-state index in [-0.39, 0.29) is 12.1 Å². The molecule has 0 spiro atoms. The van der Waals surface area contributed by atoms with E-state index in [0.29, 0.717) is 17.7 Å². The molecule has 20 heavy (non-hydrogen) atoms. The van der Waals surface area contributed by atoms with Gasteiger partial charge in [-0.2, -0.15) is 5.26 Å². The summed E-state index contributed by atoms with van der Waals surface area (Å²) in [5.74, 6) is 0.650. The lowest BCUT2D eigenvalue weighted by Crippen LogP contribution is -2.24. The van der Waals surface area contributed by atoms with Crippen molar-refractivity contribution >= 4 is 6.29 Å². The molecule has 0 amide bonds. The van der Waals surface area contributed by atoms with Crippen LogP contribution < -0.4 is 10.3 Å². The summed E-state index contributed by atoms with van der Waals surface area (Å²) in [5.41, 5.74) is 0.853. The Kier molecular flexibility index (Phi) is 3.96. The van der Waals surface area contributed by atoms with Crippen molar-refractivity contribution in [2.45, 2.75) is 6.54 Å². The number of benzene rings is 1. The predicted octanol–water partition coefficient (Wildman–Crippen LogP) is 1.59. The summed E-state index contributed by atoms with van der Waals surface area (Å²) in [5, 5.41) is 8.88. The number of ether oxygens (including phenoxy) is 1. The average Bonchev–Trinajstić information content (AvgIpc) is 2.49. The van der Waals surface area contributed by atoms with E-state index in [2.05, 4.69) is 0 Å². The van der Waals surface area contributed by atoms with Crippen LogP contribution in [0.1, 0.15) is 5.56 Å². The molecule has 0 aliphatic carbocycles. The highest BCUT2D eigenvalue weighted by Crippen LogP contribution is 2.23. The number of rotatable bonds is 4. The number of hydrogen-bond acceptors (Lipinski definition) is 4. The Hall–Kier alpha value is -2.87. The van der Waals surface area contributed by atoms with Crippen LogP contribution in [0.25, 0.3) is 11.3 Å². The van der Waals surface area contributed by atoms with Crippen LogP contribution in [0.2, 0.25) is 0 Å². The Bertz CT molecular complexity index is 742. The van der Waals surface area contributed by atoms with Gasteiger partial charge in [-0.1, -0.05) is 12.1 Å². The molecule has 5 nitrogen and oxygen atoms in total. The first-order valence-corrected chi connectivity index (χ1v) is 5.93. The molecule has 0 fully saturated rings. The van der Waals surface area contributed by atoms with Crippen molar-refractivity contribution < 1.29 is 9.53 Å². The fourth-order valence-electron chi connectivity index (χ4n) is 1.95. The molecule has 0 radical (unpaired) electrons. The minimum atomic E-state index is -0.472. The molecule has 0 aliphatic heterocycles. The van der Waals surface area contributed by atoms with E-state index in [1.165, 1.54) is 10.6 Å². The van der Waals surface area contributed by atoms with Gasteiger partial charge in [0.05, 0.1) is 19.3 Å². The molecule has 0 atom stereocenters. The minimum Gasteiger partial charge on any atom is -0.497 e. The summed E-state index contributed by atoms with van der Waals surface area (Å²) < 4.78 is 6.42. The van der Waals surface area contributed by atoms with Crippen molar-refractivity contribution in [2.75, 3.05) is 7.11 Å². The normalized spacial score (nSPS) is 9.80. The predicted molar refractivity (Wildman–Crippen MR) is 73.5 cm³/mol. The maximum atomic E-state index is 12.1. The first-order valence-electron chi connectivity index (χ1n) is 5.93.